The first-order valence-electron chi connectivity index (χ1n) is 5.34. The molecule has 0 fully saturated rings. The van der Waals surface area contributed by atoms with Crippen molar-refractivity contribution in [1.29, 1.82) is 0 Å². The van der Waals surface area contributed by atoms with Gasteiger partial charge in [-0.1, -0.05) is 5.16 Å². The molecule has 9 heteroatoms. The lowest BCUT2D eigenvalue weighted by Gasteiger charge is -2.06. The fourth-order valence-corrected chi connectivity index (χ4v) is 1.25. The lowest BCUT2D eigenvalue weighted by atomic mass is 10.2. The largest absolute Gasteiger partial charge is 0.473 e. The number of hydrogen-bond donors (Lipinski definition) is 2. The van der Waals surface area contributed by atoms with Crippen LogP contribution in [0.4, 0.5) is 5.69 Å². The minimum absolute atomic E-state index is 0.115. The third kappa shape index (κ3) is 4.07. The highest BCUT2D eigenvalue weighted by Gasteiger charge is 2.19. The van der Waals surface area contributed by atoms with Crippen molar-refractivity contribution in [3.8, 4) is 5.88 Å². The maximum Gasteiger partial charge on any atom is 0.331 e. The first-order chi connectivity index (χ1) is 9.10. The molecule has 9 nitrogen and oxygen atoms in total. The molecule has 0 spiro atoms. The van der Waals surface area contributed by atoms with Gasteiger partial charge in [0.25, 0.3) is 5.88 Å². The molecule has 0 aliphatic heterocycles. The van der Waals surface area contributed by atoms with E-state index in [0.29, 0.717) is 13.0 Å². The molecule has 0 saturated heterocycles. The second-order valence-corrected chi connectivity index (χ2v) is 3.49. The molecule has 19 heavy (non-hydrogen) atoms. The van der Waals surface area contributed by atoms with Crippen molar-refractivity contribution in [2.24, 2.45) is 10.9 Å². The summed E-state index contributed by atoms with van der Waals surface area (Å²) in [7, 11) is 1.55. The number of amidine groups is 1. The van der Waals surface area contributed by atoms with Crippen LogP contribution in [-0.4, -0.2) is 41.3 Å². The van der Waals surface area contributed by atoms with E-state index in [2.05, 4.69) is 10.1 Å². The number of nitrogens with zero attached hydrogens (tertiary/aromatic N) is 3. The van der Waals surface area contributed by atoms with Gasteiger partial charge in [0.1, 0.15) is 0 Å². The maximum atomic E-state index is 10.9. The topological polar surface area (TPSA) is 133 Å². The number of methoxy groups -OCH3 is 1. The van der Waals surface area contributed by atoms with Gasteiger partial charge in [0.2, 0.25) is 0 Å². The van der Waals surface area contributed by atoms with Gasteiger partial charge in [-0.3, -0.25) is 10.1 Å². The van der Waals surface area contributed by atoms with Crippen molar-refractivity contribution in [2.45, 2.75) is 6.42 Å². The summed E-state index contributed by atoms with van der Waals surface area (Å²) < 4.78 is 10.0. The van der Waals surface area contributed by atoms with Gasteiger partial charge in [-0.05, 0) is 0 Å². The highest BCUT2D eigenvalue weighted by Crippen LogP contribution is 2.25. The van der Waals surface area contributed by atoms with E-state index in [1.165, 1.54) is 6.20 Å². The molecule has 1 aromatic heterocycles. The third-order valence-corrected chi connectivity index (χ3v) is 2.16. The summed E-state index contributed by atoms with van der Waals surface area (Å²) in [5.41, 5.74) is 5.12. The van der Waals surface area contributed by atoms with E-state index >= 15 is 0 Å². The van der Waals surface area contributed by atoms with Crippen LogP contribution in [0.3, 0.4) is 0 Å². The van der Waals surface area contributed by atoms with Crippen LogP contribution in [0, 0.1) is 10.1 Å². The zero-order chi connectivity index (χ0) is 14.3. The molecule has 0 aliphatic rings. The molecule has 3 N–H and O–H groups in total. The van der Waals surface area contributed by atoms with Gasteiger partial charge in [0.05, 0.1) is 11.5 Å². The lowest BCUT2D eigenvalue weighted by Crippen LogP contribution is -2.14. The third-order valence-electron chi connectivity index (χ3n) is 2.16. The van der Waals surface area contributed by atoms with Crippen molar-refractivity contribution in [3.05, 3.63) is 27.9 Å². The number of rotatable bonds is 7. The molecule has 0 atom stereocenters. The van der Waals surface area contributed by atoms with Crippen LogP contribution in [0.5, 0.6) is 5.88 Å². The highest BCUT2D eigenvalue weighted by atomic mass is 16.6. The number of oxime groups is 1. The Kier molecular flexibility index (Phi) is 5.48. The lowest BCUT2D eigenvalue weighted by molar-refractivity contribution is -0.386. The highest BCUT2D eigenvalue weighted by molar-refractivity contribution is 5.97. The average Bonchev–Trinajstić information content (AvgIpc) is 2.42. The molecule has 0 bridgehead atoms. The Labute approximate surface area is 108 Å². The first-order valence-corrected chi connectivity index (χ1v) is 5.34. The molecule has 1 aromatic rings. The van der Waals surface area contributed by atoms with Crippen LogP contribution in [0.25, 0.3) is 0 Å². The van der Waals surface area contributed by atoms with Crippen molar-refractivity contribution in [2.75, 3.05) is 20.3 Å². The summed E-state index contributed by atoms with van der Waals surface area (Å²) in [6.45, 7) is 0.723. The van der Waals surface area contributed by atoms with E-state index in [1.807, 2.05) is 0 Å². The summed E-state index contributed by atoms with van der Waals surface area (Å²) in [6, 6.07) is 1.13. The Balaban J connectivity index is 2.89. The molecule has 0 unspecified atom stereocenters. The zero-order valence-electron chi connectivity index (χ0n) is 10.3. The van der Waals surface area contributed by atoms with E-state index in [9.17, 15) is 10.1 Å². The predicted molar refractivity (Wildman–Crippen MR) is 65.4 cm³/mol. The van der Waals surface area contributed by atoms with E-state index < -0.39 is 4.92 Å². The number of pyridine rings is 1. The van der Waals surface area contributed by atoms with E-state index in [0.717, 1.165) is 6.07 Å². The average molecular weight is 270 g/mol. The molecule has 104 valence electrons. The van der Waals surface area contributed by atoms with E-state index in [1.54, 1.807) is 7.11 Å². The molecule has 0 amide bonds. The Morgan fingerprint density at radius 1 is 1.63 bits per heavy atom. The summed E-state index contributed by atoms with van der Waals surface area (Å²) in [5, 5.41) is 22.1. The Morgan fingerprint density at radius 3 is 2.95 bits per heavy atom. The van der Waals surface area contributed by atoms with Crippen LogP contribution < -0.4 is 10.5 Å². The predicted octanol–water partition coefficient (Wildman–Crippen LogP) is 0.500. The van der Waals surface area contributed by atoms with Gasteiger partial charge in [-0.25, -0.2) is 4.98 Å². The summed E-state index contributed by atoms with van der Waals surface area (Å²) in [4.78, 5) is 14.0. The Bertz CT molecular complexity index is 477. The van der Waals surface area contributed by atoms with Crippen LogP contribution in [0.2, 0.25) is 0 Å². The minimum Gasteiger partial charge on any atom is -0.473 e. The first kappa shape index (κ1) is 14.6. The van der Waals surface area contributed by atoms with Gasteiger partial charge < -0.3 is 20.4 Å². The normalized spacial score (nSPS) is 11.3. The number of ether oxygens (including phenoxy) is 2. The van der Waals surface area contributed by atoms with Gasteiger partial charge in [0.15, 0.2) is 5.84 Å². The second kappa shape index (κ2) is 7.11. The Morgan fingerprint density at radius 2 is 2.37 bits per heavy atom. The quantitative estimate of drug-likeness (QED) is 0.184. The summed E-state index contributed by atoms with van der Waals surface area (Å²) >= 11 is 0. The number of hydrogen-bond acceptors (Lipinski definition) is 7. The Hall–Kier alpha value is -2.42. The summed E-state index contributed by atoms with van der Waals surface area (Å²) in [5.74, 6) is -0.378. The van der Waals surface area contributed by atoms with Crippen LogP contribution in [0.1, 0.15) is 12.0 Å². The van der Waals surface area contributed by atoms with E-state index in [4.69, 9.17) is 20.4 Å². The number of aromatic nitrogens is 1. The fourth-order valence-electron chi connectivity index (χ4n) is 1.25. The smallest absolute Gasteiger partial charge is 0.331 e. The van der Waals surface area contributed by atoms with Gasteiger partial charge in [-0.2, -0.15) is 0 Å². The minimum atomic E-state index is -0.646. The maximum absolute atomic E-state index is 10.9. The van der Waals surface area contributed by atoms with E-state index in [-0.39, 0.29) is 29.6 Å². The van der Waals surface area contributed by atoms with Crippen LogP contribution >= 0.6 is 0 Å². The molecule has 0 aromatic carbocycles. The molecule has 0 radical (unpaired) electrons. The standard InChI is InChI=1S/C10H14N4O5/c1-18-3-2-4-19-10-8(14(16)17)5-7(6-12-10)9(11)13-15/h5-6,15H,2-4H2,1H3,(H2,11,13). The van der Waals surface area contributed by atoms with Gasteiger partial charge in [-0.15, -0.1) is 0 Å². The molecule has 0 saturated carbocycles. The fraction of sp³-hybridized carbons (Fsp3) is 0.400. The SMILES string of the molecule is COCCCOc1ncc(C(N)=NO)cc1[N+](=O)[O-]. The second-order valence-electron chi connectivity index (χ2n) is 3.49. The number of nitro groups is 1. The summed E-state index contributed by atoms with van der Waals surface area (Å²) in [6.07, 6.45) is 1.81. The molecule has 1 rings (SSSR count). The van der Waals surface area contributed by atoms with Crippen molar-refractivity contribution < 1.29 is 19.6 Å². The van der Waals surface area contributed by atoms with Crippen molar-refractivity contribution in [3.63, 3.8) is 0 Å². The van der Waals surface area contributed by atoms with Crippen LogP contribution in [0.15, 0.2) is 17.4 Å². The molecule has 1 heterocycles. The van der Waals surface area contributed by atoms with Gasteiger partial charge >= 0.3 is 5.69 Å². The molecular formula is C10H14N4O5. The monoisotopic (exact) mass is 270 g/mol. The zero-order valence-corrected chi connectivity index (χ0v) is 10.3. The molecule has 0 aliphatic carbocycles. The van der Waals surface area contributed by atoms with Crippen molar-refractivity contribution >= 4 is 11.5 Å². The number of nitrogens with two attached hydrogens (primary N) is 1. The van der Waals surface area contributed by atoms with Crippen LogP contribution in [-0.2, 0) is 4.74 Å². The van der Waals surface area contributed by atoms with Gasteiger partial charge in [0, 0.05) is 38.0 Å². The van der Waals surface area contributed by atoms with Crippen molar-refractivity contribution in [1.82, 2.24) is 4.98 Å². The molecular weight excluding hydrogens is 256 g/mol.